The Bertz CT molecular complexity index is 4440. The van der Waals surface area contributed by atoms with E-state index in [-0.39, 0.29) is 54.4 Å². The minimum absolute atomic E-state index is 0. The molecule has 0 atom stereocenters. The minimum atomic E-state index is -3.40. The van der Waals surface area contributed by atoms with E-state index in [1.165, 1.54) is 0 Å². The van der Waals surface area contributed by atoms with Gasteiger partial charge in [0.2, 0.25) is 0 Å². The number of imidazole rings is 1. The fourth-order valence-electron chi connectivity index (χ4n) is 10.6. The van der Waals surface area contributed by atoms with Crippen LogP contribution in [0.25, 0.3) is 72.3 Å². The molecular weight excluding hydrogens is 1090 g/mol. The normalized spacial score (nSPS) is 15.1. The van der Waals surface area contributed by atoms with E-state index in [1.54, 1.807) is 22.8 Å². The molecule has 0 bridgehead atoms. The van der Waals surface area contributed by atoms with Crippen molar-refractivity contribution in [3.63, 3.8) is 0 Å². The van der Waals surface area contributed by atoms with Gasteiger partial charge in [-0.1, -0.05) is 230 Å². The number of nitrogens with zero attached hydrogens (tertiary/aromatic N) is 6. The maximum absolute atomic E-state index is 9.20. The van der Waals surface area contributed by atoms with Gasteiger partial charge in [-0.05, 0) is 79.9 Å². The van der Waals surface area contributed by atoms with Gasteiger partial charge in [-0.25, -0.2) is 4.98 Å². The van der Waals surface area contributed by atoms with Crippen LogP contribution in [0.4, 0.5) is 17.1 Å². The number of fused-ring (bicyclic) bond motifs is 5. The van der Waals surface area contributed by atoms with Gasteiger partial charge in [-0.15, -0.1) is 18.2 Å². The predicted molar refractivity (Wildman–Crippen MR) is 298 cm³/mol. The van der Waals surface area contributed by atoms with Crippen molar-refractivity contribution in [3.8, 4) is 39.4 Å². The number of pyridine rings is 1. The van der Waals surface area contributed by atoms with Crippen LogP contribution in [0.3, 0.4) is 0 Å². The van der Waals surface area contributed by atoms with Crippen LogP contribution in [-0.4, -0.2) is 29.6 Å². The largest absolute Gasteiger partial charge is 0.429 e. The number of anilines is 3. The van der Waals surface area contributed by atoms with Gasteiger partial charge < -0.3 is 18.3 Å². The number of benzene rings is 9. The second-order valence-corrected chi connectivity index (χ2v) is 22.6. The summed E-state index contributed by atoms with van der Waals surface area (Å²) in [6.07, 6.45) is 5.45. The van der Waals surface area contributed by atoms with Crippen molar-refractivity contribution in [2.75, 3.05) is 16.2 Å². The van der Waals surface area contributed by atoms with Crippen LogP contribution < -0.4 is 24.1 Å². The first-order valence-electron chi connectivity index (χ1n) is 28.8. The standard InChI is InChI=1S/C65H50N6Si.Pt/c1-65(2,3)48-39-40-66-63(41-48)70-57-36-18-17-33-55(57)56-43-61-62(44-60(56)70)71(72(67(61)4,51-29-13-7-14-30-51)52-31-15-8-16-32-52)50-28-21-27-49(42-50)68-45-69(59-38-20-19-37-58(59)68)64-53(46-23-9-5-10-24-46)34-22-35-54(64)47-25-11-6-12-26-47;/h5-41,43H,1-4H3;/q-2;/i5D,6D,9D,10D,11D,12D,23D,24D,25D,26D;. The number of para-hydroxylation sites is 4. The van der Waals surface area contributed by atoms with E-state index in [1.807, 2.05) is 59.3 Å². The number of hydrogen-bond donors (Lipinski definition) is 0. The van der Waals surface area contributed by atoms with Crippen LogP contribution >= 0.6 is 0 Å². The molecule has 8 heteroatoms. The number of aromatic nitrogens is 4. The zero-order chi connectivity index (χ0) is 57.3. The zero-order valence-electron chi connectivity index (χ0n) is 50.2. The Kier molecular flexibility index (Phi) is 8.95. The maximum atomic E-state index is 9.20. The summed E-state index contributed by atoms with van der Waals surface area (Å²) in [4.78, 5) is 5.01. The Morgan fingerprint density at radius 1 is 0.589 bits per heavy atom. The summed E-state index contributed by atoms with van der Waals surface area (Å²) < 4.78 is 99.3. The van der Waals surface area contributed by atoms with Crippen LogP contribution in [0.15, 0.2) is 230 Å². The van der Waals surface area contributed by atoms with Crippen molar-refractivity contribution in [1.29, 1.82) is 0 Å². The molecule has 0 saturated carbocycles. The van der Waals surface area contributed by atoms with Gasteiger partial charge in [-0.2, -0.15) is 18.2 Å². The van der Waals surface area contributed by atoms with Crippen LogP contribution in [0.2, 0.25) is 0 Å². The third kappa shape index (κ3) is 7.40. The van der Waals surface area contributed by atoms with Crippen LogP contribution in [-0.2, 0) is 26.5 Å². The molecule has 0 fully saturated rings. The van der Waals surface area contributed by atoms with E-state index < -0.39 is 68.8 Å². The van der Waals surface area contributed by atoms with Crippen molar-refractivity contribution in [2.45, 2.75) is 26.2 Å². The predicted octanol–water partition coefficient (Wildman–Crippen LogP) is 13.3. The summed E-state index contributed by atoms with van der Waals surface area (Å²) >= 11 is 0. The fourth-order valence-corrected chi connectivity index (χ4v) is 15.3. The molecule has 3 aromatic heterocycles. The van der Waals surface area contributed by atoms with Crippen LogP contribution in [0, 0.1) is 18.5 Å². The Hall–Kier alpha value is -8.09. The zero-order valence-corrected chi connectivity index (χ0v) is 43.4. The van der Waals surface area contributed by atoms with Crippen LogP contribution in [0.1, 0.15) is 40.0 Å². The molecule has 6 nitrogen and oxygen atoms in total. The molecule has 9 aromatic carbocycles. The van der Waals surface area contributed by atoms with E-state index in [0.717, 1.165) is 60.6 Å². The Balaban J connectivity index is 0.00000680. The summed E-state index contributed by atoms with van der Waals surface area (Å²) in [6.45, 7) is 6.60. The topological polar surface area (TPSA) is 33.1 Å². The van der Waals surface area contributed by atoms with Gasteiger partial charge in [0.05, 0.1) is 30.4 Å². The van der Waals surface area contributed by atoms with Gasteiger partial charge in [0, 0.05) is 32.8 Å². The Morgan fingerprint density at radius 3 is 1.84 bits per heavy atom. The van der Waals surface area contributed by atoms with E-state index >= 15 is 0 Å². The summed E-state index contributed by atoms with van der Waals surface area (Å²) in [5, 5.41) is 4.32. The number of hydrogen-bond acceptors (Lipinski definition) is 3. The second-order valence-electron chi connectivity index (χ2n) is 19.0. The molecule has 356 valence electrons. The Morgan fingerprint density at radius 2 is 1.18 bits per heavy atom. The third-order valence-corrected chi connectivity index (χ3v) is 18.5. The average Bonchev–Trinajstić information content (AvgIpc) is 1.85. The first-order valence-corrected chi connectivity index (χ1v) is 25.7. The van der Waals surface area contributed by atoms with Crippen molar-refractivity contribution in [2.24, 2.45) is 0 Å². The molecule has 0 radical (unpaired) electrons. The molecule has 4 heterocycles. The molecule has 1 aliphatic heterocycles. The minimum Gasteiger partial charge on any atom is -0.429 e. The molecule has 1 aliphatic rings. The average molecular weight is 1150 g/mol. The maximum Gasteiger partial charge on any atom is 0.321 e. The van der Waals surface area contributed by atoms with E-state index in [9.17, 15) is 5.48 Å². The SMILES string of the molecule is [2H]c1c([2H])c([2H])c(-c2cccc(-c3c([2H])c([2H])c([2H])c([2H])c3[2H])c2-[n+]2[c-]n(-c3[c-]c(N4c5[c-]c6c(cc5N(C)[Si]4(c4ccccc4)c4ccccc4)c4ccccc4n6-c4cc(C(C)(C)C)ccn4)ccc3)c3ccccc32)c([2H])c1[2H].[Pt]. The molecule has 73 heavy (non-hydrogen) atoms. The number of rotatable bonds is 8. The summed E-state index contributed by atoms with van der Waals surface area (Å²) in [5.41, 5.74) is 7.37. The third-order valence-electron chi connectivity index (χ3n) is 13.9. The smallest absolute Gasteiger partial charge is 0.321 e. The van der Waals surface area contributed by atoms with Gasteiger partial charge in [0.15, 0.2) is 0 Å². The van der Waals surface area contributed by atoms with Gasteiger partial charge in [-0.3, -0.25) is 4.57 Å². The molecule has 0 saturated heterocycles. The van der Waals surface area contributed by atoms with Gasteiger partial charge >= 0.3 is 8.40 Å². The summed E-state index contributed by atoms with van der Waals surface area (Å²) in [7, 11) is -1.22. The first-order chi connectivity index (χ1) is 39.4. The summed E-state index contributed by atoms with van der Waals surface area (Å²) in [5.74, 6) is 0.780. The van der Waals surface area contributed by atoms with Crippen molar-refractivity contribution < 1.29 is 39.3 Å². The molecule has 0 aliphatic carbocycles. The molecule has 0 unspecified atom stereocenters. The molecule has 0 amide bonds. The van der Waals surface area contributed by atoms with Gasteiger partial charge in [0.25, 0.3) is 6.33 Å². The monoisotopic (exact) mass is 1150 g/mol. The summed E-state index contributed by atoms with van der Waals surface area (Å²) in [6, 6.07) is 57.1. The van der Waals surface area contributed by atoms with Crippen molar-refractivity contribution in [1.82, 2.24) is 14.1 Å². The fraction of sp³-hybridized carbons (Fsp3) is 0.0769. The van der Waals surface area contributed by atoms with E-state index in [4.69, 9.17) is 13.2 Å². The molecule has 12 aromatic rings. The first kappa shape index (κ1) is 35.9. The molecular formula is C65H50N6PtSi-2. The van der Waals surface area contributed by atoms with E-state index in [0.29, 0.717) is 16.7 Å². The van der Waals surface area contributed by atoms with Crippen LogP contribution in [0.5, 0.6) is 0 Å². The van der Waals surface area contributed by atoms with Gasteiger partial charge in [0.1, 0.15) is 5.82 Å². The quantitative estimate of drug-likeness (QED) is 0.0864. The molecule has 13 rings (SSSR count). The van der Waals surface area contributed by atoms with E-state index in [2.05, 4.69) is 157 Å². The molecule has 0 spiro atoms. The van der Waals surface area contributed by atoms with Crippen molar-refractivity contribution in [3.05, 3.63) is 254 Å². The Labute approximate surface area is 456 Å². The van der Waals surface area contributed by atoms with Crippen molar-refractivity contribution >= 4 is 68.7 Å². The second kappa shape index (κ2) is 18.2. The molecule has 0 N–H and O–H groups in total.